The van der Waals surface area contributed by atoms with Crippen molar-refractivity contribution in [2.45, 2.75) is 6.61 Å². The molecule has 19 heavy (non-hydrogen) atoms. The van der Waals surface area contributed by atoms with E-state index >= 15 is 0 Å². The Kier molecular flexibility index (Phi) is 4.37. The van der Waals surface area contributed by atoms with Crippen molar-refractivity contribution in [1.82, 2.24) is 4.98 Å². The van der Waals surface area contributed by atoms with Gasteiger partial charge in [0, 0.05) is 16.7 Å². The molecule has 0 spiro atoms. The molecule has 0 radical (unpaired) electrons. The third-order valence-electron chi connectivity index (χ3n) is 2.42. The van der Waals surface area contributed by atoms with Gasteiger partial charge in [-0.15, -0.1) is 0 Å². The van der Waals surface area contributed by atoms with Crippen LogP contribution in [0.2, 0.25) is 0 Å². The first-order valence-electron chi connectivity index (χ1n) is 5.53. The van der Waals surface area contributed by atoms with Gasteiger partial charge in [0.15, 0.2) is 0 Å². The summed E-state index contributed by atoms with van der Waals surface area (Å²) >= 11 is 3.32. The van der Waals surface area contributed by atoms with E-state index in [0.717, 1.165) is 10.2 Å². The highest BCUT2D eigenvalue weighted by Gasteiger charge is 2.03. The second-order valence-corrected chi connectivity index (χ2v) is 4.68. The maximum Gasteiger partial charge on any atom is 0.130 e. The maximum absolute atomic E-state index is 8.92. The molecule has 4 nitrogen and oxygen atoms in total. The van der Waals surface area contributed by atoms with Gasteiger partial charge in [0.25, 0.3) is 0 Å². The molecule has 0 unspecified atom stereocenters. The third kappa shape index (κ3) is 3.70. The summed E-state index contributed by atoms with van der Waals surface area (Å²) in [5, 5.41) is 8.92. The molecular formula is C14H11BrN2O2. The van der Waals surface area contributed by atoms with Crippen molar-refractivity contribution in [2.75, 3.05) is 7.11 Å². The molecule has 0 amide bonds. The molecule has 1 heterocycles. The molecule has 5 heteroatoms. The van der Waals surface area contributed by atoms with Crippen LogP contribution >= 0.6 is 15.9 Å². The van der Waals surface area contributed by atoms with E-state index in [1.807, 2.05) is 12.1 Å². The molecule has 0 aliphatic carbocycles. The fourth-order valence-corrected chi connectivity index (χ4v) is 1.72. The Balaban J connectivity index is 2.11. The van der Waals surface area contributed by atoms with Crippen LogP contribution in [0.25, 0.3) is 0 Å². The van der Waals surface area contributed by atoms with Crippen LogP contribution < -0.4 is 9.47 Å². The van der Waals surface area contributed by atoms with Gasteiger partial charge in [-0.3, -0.25) is 4.98 Å². The molecule has 1 aromatic carbocycles. The average molecular weight is 319 g/mol. The van der Waals surface area contributed by atoms with Gasteiger partial charge in [-0.2, -0.15) is 5.26 Å². The SMILES string of the molecule is COc1cc(C#N)cc(OCc2ccc(Br)cn2)c1. The van der Waals surface area contributed by atoms with Gasteiger partial charge in [-0.05, 0) is 40.2 Å². The van der Waals surface area contributed by atoms with Crippen molar-refractivity contribution in [3.05, 3.63) is 52.3 Å². The predicted molar refractivity (Wildman–Crippen MR) is 74.0 cm³/mol. The molecule has 96 valence electrons. The standard InChI is InChI=1S/C14H11BrN2O2/c1-18-13-4-10(7-16)5-14(6-13)19-9-12-3-2-11(15)8-17-12/h2-6,8H,9H2,1H3. The van der Waals surface area contributed by atoms with Gasteiger partial charge in [-0.25, -0.2) is 0 Å². The minimum atomic E-state index is 0.339. The normalized spacial score (nSPS) is 9.74. The molecule has 2 rings (SSSR count). The second-order valence-electron chi connectivity index (χ2n) is 3.77. The number of pyridine rings is 1. The number of rotatable bonds is 4. The lowest BCUT2D eigenvalue weighted by Crippen LogP contribution is -1.98. The summed E-state index contributed by atoms with van der Waals surface area (Å²) in [5.74, 6) is 1.18. The zero-order valence-corrected chi connectivity index (χ0v) is 11.8. The van der Waals surface area contributed by atoms with Gasteiger partial charge in [0.2, 0.25) is 0 Å². The summed E-state index contributed by atoms with van der Waals surface area (Å²) in [6, 6.07) is 10.9. The van der Waals surface area contributed by atoms with Crippen molar-refractivity contribution in [2.24, 2.45) is 0 Å². The Morgan fingerprint density at radius 2 is 2.05 bits per heavy atom. The number of nitriles is 1. The quantitative estimate of drug-likeness (QED) is 0.867. The van der Waals surface area contributed by atoms with Crippen LogP contribution in [0.3, 0.4) is 0 Å². The highest BCUT2D eigenvalue weighted by Crippen LogP contribution is 2.23. The zero-order valence-electron chi connectivity index (χ0n) is 10.3. The van der Waals surface area contributed by atoms with Crippen LogP contribution in [0, 0.1) is 11.3 Å². The largest absolute Gasteiger partial charge is 0.497 e. The van der Waals surface area contributed by atoms with Crippen LogP contribution in [0.5, 0.6) is 11.5 Å². The molecule has 2 aromatic rings. The van der Waals surface area contributed by atoms with Gasteiger partial charge in [-0.1, -0.05) is 0 Å². The second kappa shape index (κ2) is 6.21. The summed E-state index contributed by atoms with van der Waals surface area (Å²) in [6.45, 7) is 0.339. The molecule has 1 aromatic heterocycles. The number of aromatic nitrogens is 1. The minimum absolute atomic E-state index is 0.339. The van der Waals surface area contributed by atoms with E-state index in [1.54, 1.807) is 31.5 Å². The summed E-state index contributed by atoms with van der Waals surface area (Å²) < 4.78 is 11.6. The fourth-order valence-electron chi connectivity index (χ4n) is 1.49. The molecular weight excluding hydrogens is 308 g/mol. The smallest absolute Gasteiger partial charge is 0.130 e. The molecule has 0 bridgehead atoms. The van der Waals surface area contributed by atoms with E-state index < -0.39 is 0 Å². The lowest BCUT2D eigenvalue weighted by molar-refractivity contribution is 0.299. The first-order chi connectivity index (χ1) is 9.21. The first kappa shape index (κ1) is 13.4. The highest BCUT2D eigenvalue weighted by molar-refractivity contribution is 9.10. The Labute approximate surface area is 119 Å². The Hall–Kier alpha value is -2.06. The van der Waals surface area contributed by atoms with E-state index in [9.17, 15) is 0 Å². The third-order valence-corrected chi connectivity index (χ3v) is 2.89. The number of hydrogen-bond acceptors (Lipinski definition) is 4. The summed E-state index contributed by atoms with van der Waals surface area (Å²) in [4.78, 5) is 4.21. The molecule has 0 saturated carbocycles. The van der Waals surface area contributed by atoms with Gasteiger partial charge in [0.05, 0.1) is 24.4 Å². The molecule has 0 fully saturated rings. The topological polar surface area (TPSA) is 55.1 Å². The molecule has 0 aliphatic rings. The minimum Gasteiger partial charge on any atom is -0.497 e. The van der Waals surface area contributed by atoms with Crippen LogP contribution in [0.1, 0.15) is 11.3 Å². The van der Waals surface area contributed by atoms with Crippen LogP contribution in [-0.4, -0.2) is 12.1 Å². The predicted octanol–water partition coefficient (Wildman–Crippen LogP) is 3.30. The number of benzene rings is 1. The number of methoxy groups -OCH3 is 1. The molecule has 0 atom stereocenters. The number of ether oxygens (including phenoxy) is 2. The first-order valence-corrected chi connectivity index (χ1v) is 6.33. The van der Waals surface area contributed by atoms with Gasteiger partial charge in [0.1, 0.15) is 18.1 Å². The van der Waals surface area contributed by atoms with Crippen LogP contribution in [0.4, 0.5) is 0 Å². The average Bonchev–Trinajstić information content (AvgIpc) is 2.46. The summed E-state index contributed by atoms with van der Waals surface area (Å²) in [7, 11) is 1.55. The Bertz CT molecular complexity index is 606. The van der Waals surface area contributed by atoms with Gasteiger partial charge < -0.3 is 9.47 Å². The maximum atomic E-state index is 8.92. The molecule has 0 aliphatic heterocycles. The van der Waals surface area contributed by atoms with E-state index in [1.165, 1.54) is 0 Å². The van der Waals surface area contributed by atoms with E-state index in [4.69, 9.17) is 14.7 Å². The highest BCUT2D eigenvalue weighted by atomic mass is 79.9. The van der Waals surface area contributed by atoms with Crippen molar-refractivity contribution in [3.8, 4) is 17.6 Å². The van der Waals surface area contributed by atoms with Gasteiger partial charge >= 0.3 is 0 Å². The summed E-state index contributed by atoms with van der Waals surface area (Å²) in [5.41, 5.74) is 1.31. The lowest BCUT2D eigenvalue weighted by atomic mass is 10.2. The van der Waals surface area contributed by atoms with Crippen molar-refractivity contribution in [3.63, 3.8) is 0 Å². The fraction of sp³-hybridized carbons (Fsp3) is 0.143. The Morgan fingerprint density at radius 1 is 1.26 bits per heavy atom. The van der Waals surface area contributed by atoms with Crippen molar-refractivity contribution in [1.29, 1.82) is 5.26 Å². The van der Waals surface area contributed by atoms with Crippen molar-refractivity contribution >= 4 is 15.9 Å². The number of halogens is 1. The lowest BCUT2D eigenvalue weighted by Gasteiger charge is -2.08. The zero-order chi connectivity index (χ0) is 13.7. The number of nitrogens with zero attached hydrogens (tertiary/aromatic N) is 2. The monoisotopic (exact) mass is 318 g/mol. The molecule has 0 N–H and O–H groups in total. The Morgan fingerprint density at radius 3 is 2.68 bits per heavy atom. The van der Waals surface area contributed by atoms with Crippen LogP contribution in [0.15, 0.2) is 41.0 Å². The van der Waals surface area contributed by atoms with E-state index in [0.29, 0.717) is 23.7 Å². The number of hydrogen-bond donors (Lipinski definition) is 0. The van der Waals surface area contributed by atoms with E-state index in [2.05, 4.69) is 27.0 Å². The molecule has 0 saturated heterocycles. The van der Waals surface area contributed by atoms with E-state index in [-0.39, 0.29) is 0 Å². The van der Waals surface area contributed by atoms with Crippen LogP contribution in [-0.2, 0) is 6.61 Å². The van der Waals surface area contributed by atoms with Crippen molar-refractivity contribution < 1.29 is 9.47 Å². The summed E-state index contributed by atoms with van der Waals surface area (Å²) in [6.07, 6.45) is 1.71.